The number of hydrogen-bond acceptors (Lipinski definition) is 3. The van der Waals surface area contributed by atoms with Gasteiger partial charge in [-0.15, -0.1) is 11.8 Å². The molecule has 108 valence electrons. The van der Waals surface area contributed by atoms with Crippen molar-refractivity contribution in [2.75, 3.05) is 12.9 Å². The van der Waals surface area contributed by atoms with Crippen molar-refractivity contribution in [1.82, 2.24) is 0 Å². The van der Waals surface area contributed by atoms with Gasteiger partial charge in [-0.2, -0.15) is 0 Å². The Balaban J connectivity index is 2.14. The van der Waals surface area contributed by atoms with Gasteiger partial charge in [0.2, 0.25) is 0 Å². The van der Waals surface area contributed by atoms with Gasteiger partial charge in [-0.3, -0.25) is 0 Å². The molecule has 0 saturated carbocycles. The number of thioether (sulfide) groups is 1. The summed E-state index contributed by atoms with van der Waals surface area (Å²) < 4.78 is 4.85. The normalized spacial score (nSPS) is 11.2. The molecule has 0 aromatic heterocycles. The van der Waals surface area contributed by atoms with Crippen LogP contribution in [0.2, 0.25) is 5.02 Å². The minimum Gasteiger partial charge on any atom is -0.466 e. The third-order valence-corrected chi connectivity index (χ3v) is 4.11. The van der Waals surface area contributed by atoms with Crippen molar-refractivity contribution in [2.24, 2.45) is 0 Å². The molecule has 0 aliphatic rings. The highest BCUT2D eigenvalue weighted by molar-refractivity contribution is 7.99. The fourth-order valence-electron chi connectivity index (χ4n) is 1.73. The highest BCUT2D eigenvalue weighted by Crippen LogP contribution is 2.22. The number of carbonyl (C=O) groups is 1. The number of rotatable bonds is 5. The first-order chi connectivity index (χ1) is 10.2. The van der Waals surface area contributed by atoms with Gasteiger partial charge in [0.15, 0.2) is 0 Å². The average molecular weight is 319 g/mol. The third-order valence-electron chi connectivity index (χ3n) is 2.80. The van der Waals surface area contributed by atoms with Crippen molar-refractivity contribution >= 4 is 35.4 Å². The number of hydrogen-bond donors (Lipinski definition) is 0. The Morgan fingerprint density at radius 2 is 1.81 bits per heavy atom. The second kappa shape index (κ2) is 7.91. The molecule has 0 aliphatic carbocycles. The molecule has 0 atom stereocenters. The van der Waals surface area contributed by atoms with Crippen molar-refractivity contribution < 1.29 is 9.53 Å². The molecule has 0 fully saturated rings. The third kappa shape index (κ3) is 4.96. The van der Waals surface area contributed by atoms with Crippen LogP contribution in [-0.4, -0.2) is 18.8 Å². The fraction of sp³-hybridized carbons (Fsp3) is 0.118. The standard InChI is InChI=1S/C17H15ClO2S/c1-20-17(19)14(11-13-7-9-15(18)10-8-13)12-21-16-5-3-2-4-6-16/h2-11H,12H2,1H3/b14-11+. The van der Waals surface area contributed by atoms with E-state index in [-0.39, 0.29) is 5.97 Å². The lowest BCUT2D eigenvalue weighted by atomic mass is 10.1. The smallest absolute Gasteiger partial charge is 0.334 e. The van der Waals surface area contributed by atoms with E-state index in [1.165, 1.54) is 7.11 Å². The Hall–Kier alpha value is -1.71. The fourth-order valence-corrected chi connectivity index (χ4v) is 2.73. The van der Waals surface area contributed by atoms with Crippen LogP contribution in [0.15, 0.2) is 65.1 Å². The zero-order valence-electron chi connectivity index (χ0n) is 11.6. The number of esters is 1. The lowest BCUT2D eigenvalue weighted by Crippen LogP contribution is -2.06. The van der Waals surface area contributed by atoms with Crippen LogP contribution in [-0.2, 0) is 9.53 Å². The molecule has 0 saturated heterocycles. The van der Waals surface area contributed by atoms with E-state index in [1.54, 1.807) is 23.9 Å². The first-order valence-corrected chi connectivity index (χ1v) is 7.77. The van der Waals surface area contributed by atoms with Gasteiger partial charge in [0.25, 0.3) is 0 Å². The van der Waals surface area contributed by atoms with E-state index in [9.17, 15) is 4.79 Å². The summed E-state index contributed by atoms with van der Waals surface area (Å²) in [7, 11) is 1.39. The molecule has 0 aliphatic heterocycles. The van der Waals surface area contributed by atoms with Crippen molar-refractivity contribution in [3.05, 3.63) is 70.8 Å². The summed E-state index contributed by atoms with van der Waals surface area (Å²) >= 11 is 7.46. The minimum atomic E-state index is -0.312. The number of halogens is 1. The molecule has 0 unspecified atom stereocenters. The second-order valence-electron chi connectivity index (χ2n) is 4.31. The van der Waals surface area contributed by atoms with Crippen molar-refractivity contribution in [3.8, 4) is 0 Å². The number of methoxy groups -OCH3 is 1. The van der Waals surface area contributed by atoms with Gasteiger partial charge in [-0.25, -0.2) is 4.79 Å². The number of benzene rings is 2. The summed E-state index contributed by atoms with van der Waals surface area (Å²) in [4.78, 5) is 13.0. The molecule has 2 nitrogen and oxygen atoms in total. The molecule has 4 heteroatoms. The predicted octanol–water partition coefficient (Wildman–Crippen LogP) is 4.69. The molecule has 0 heterocycles. The molecule has 0 N–H and O–H groups in total. The monoisotopic (exact) mass is 318 g/mol. The summed E-state index contributed by atoms with van der Waals surface area (Å²) in [5.41, 5.74) is 1.54. The number of ether oxygens (including phenoxy) is 1. The summed E-state index contributed by atoms with van der Waals surface area (Å²) in [5.74, 6) is 0.243. The van der Waals surface area contributed by atoms with Crippen LogP contribution in [0.3, 0.4) is 0 Å². The number of carbonyl (C=O) groups excluding carboxylic acids is 1. The molecule has 0 bridgehead atoms. The van der Waals surface area contributed by atoms with Gasteiger partial charge in [0, 0.05) is 21.2 Å². The average Bonchev–Trinajstić information content (AvgIpc) is 2.53. The van der Waals surface area contributed by atoms with Crippen molar-refractivity contribution in [2.45, 2.75) is 4.90 Å². The van der Waals surface area contributed by atoms with Crippen LogP contribution < -0.4 is 0 Å². The van der Waals surface area contributed by atoms with E-state index in [4.69, 9.17) is 16.3 Å². The van der Waals surface area contributed by atoms with Gasteiger partial charge in [-0.1, -0.05) is 41.9 Å². The largest absolute Gasteiger partial charge is 0.466 e. The molecule has 0 amide bonds. The maximum atomic E-state index is 11.9. The molecule has 0 radical (unpaired) electrons. The summed E-state index contributed by atoms with van der Waals surface area (Å²) in [6.45, 7) is 0. The first kappa shape index (κ1) is 15.7. The van der Waals surface area contributed by atoms with E-state index >= 15 is 0 Å². The summed E-state index contributed by atoms with van der Waals surface area (Å²) in [6, 6.07) is 17.3. The molecule has 2 aromatic carbocycles. The van der Waals surface area contributed by atoms with E-state index < -0.39 is 0 Å². The Morgan fingerprint density at radius 1 is 1.14 bits per heavy atom. The van der Waals surface area contributed by atoms with E-state index in [2.05, 4.69) is 0 Å². The Bertz CT molecular complexity index is 621. The highest BCUT2D eigenvalue weighted by atomic mass is 35.5. The maximum Gasteiger partial charge on any atom is 0.334 e. The SMILES string of the molecule is COC(=O)/C(=C/c1ccc(Cl)cc1)CSc1ccccc1. The van der Waals surface area contributed by atoms with Gasteiger partial charge in [-0.05, 0) is 35.9 Å². The Labute approximate surface area is 133 Å². The second-order valence-corrected chi connectivity index (χ2v) is 5.80. The van der Waals surface area contributed by atoms with E-state index in [0.29, 0.717) is 16.3 Å². The molecule has 2 aromatic rings. The molecule has 21 heavy (non-hydrogen) atoms. The first-order valence-electron chi connectivity index (χ1n) is 6.41. The van der Waals surface area contributed by atoms with Crippen LogP contribution >= 0.6 is 23.4 Å². The van der Waals surface area contributed by atoms with Gasteiger partial charge < -0.3 is 4.74 Å². The van der Waals surface area contributed by atoms with Gasteiger partial charge >= 0.3 is 5.97 Å². The quantitative estimate of drug-likeness (QED) is 0.454. The van der Waals surface area contributed by atoms with Crippen LogP contribution in [0.1, 0.15) is 5.56 Å². The predicted molar refractivity (Wildman–Crippen MR) is 88.6 cm³/mol. The Morgan fingerprint density at radius 3 is 2.43 bits per heavy atom. The van der Waals surface area contributed by atoms with E-state index in [1.807, 2.05) is 48.5 Å². The lowest BCUT2D eigenvalue weighted by molar-refractivity contribution is -0.135. The molecular weight excluding hydrogens is 304 g/mol. The lowest BCUT2D eigenvalue weighted by Gasteiger charge is -2.06. The van der Waals surface area contributed by atoms with Crippen molar-refractivity contribution in [3.63, 3.8) is 0 Å². The Kier molecular flexibility index (Phi) is 5.90. The zero-order valence-corrected chi connectivity index (χ0v) is 13.2. The summed E-state index contributed by atoms with van der Waals surface area (Å²) in [6.07, 6.45) is 1.83. The highest BCUT2D eigenvalue weighted by Gasteiger charge is 2.10. The molecule has 0 spiro atoms. The van der Waals surface area contributed by atoms with Crippen LogP contribution in [0.25, 0.3) is 6.08 Å². The van der Waals surface area contributed by atoms with Gasteiger partial charge in [0.05, 0.1) is 7.11 Å². The molecular formula is C17H15ClO2S. The molecule has 2 rings (SSSR count). The van der Waals surface area contributed by atoms with Crippen molar-refractivity contribution in [1.29, 1.82) is 0 Å². The van der Waals surface area contributed by atoms with Crippen LogP contribution in [0.5, 0.6) is 0 Å². The summed E-state index contributed by atoms with van der Waals surface area (Å²) in [5, 5.41) is 0.672. The topological polar surface area (TPSA) is 26.3 Å². The zero-order chi connectivity index (χ0) is 15.1. The van der Waals surface area contributed by atoms with Gasteiger partial charge in [0.1, 0.15) is 0 Å². The maximum absolute atomic E-state index is 11.9. The minimum absolute atomic E-state index is 0.312. The van der Waals surface area contributed by atoms with Crippen LogP contribution in [0.4, 0.5) is 0 Å². The van der Waals surface area contributed by atoms with E-state index in [0.717, 1.165) is 10.5 Å². The van der Waals surface area contributed by atoms with Crippen LogP contribution in [0, 0.1) is 0 Å².